The molecule has 0 aliphatic heterocycles. The lowest BCUT2D eigenvalue weighted by atomic mass is 9.97. The molecule has 1 aliphatic rings. The molecule has 1 aliphatic carbocycles. The smallest absolute Gasteiger partial charge is 0.150 e. The number of hydrogen-bond acceptors (Lipinski definition) is 2. The molecular formula is C15H12N2. The van der Waals surface area contributed by atoms with Gasteiger partial charge in [-0.2, -0.15) is 5.11 Å². The average Bonchev–Trinajstić information content (AvgIpc) is 3.17. The minimum Gasteiger partial charge on any atom is -0.208 e. The van der Waals surface area contributed by atoms with E-state index >= 15 is 0 Å². The van der Waals surface area contributed by atoms with Crippen LogP contribution in [0.1, 0.15) is 11.1 Å². The molecular weight excluding hydrogens is 208 g/mol. The van der Waals surface area contributed by atoms with E-state index in [4.69, 9.17) is 5.53 Å². The average molecular weight is 220 g/mol. The van der Waals surface area contributed by atoms with E-state index in [9.17, 15) is 0 Å². The molecule has 2 aromatic rings. The van der Waals surface area contributed by atoms with Gasteiger partial charge in [-0.05, 0) is 22.8 Å². The van der Waals surface area contributed by atoms with Gasteiger partial charge in [0.05, 0.1) is 0 Å². The van der Waals surface area contributed by atoms with Gasteiger partial charge in [0, 0.05) is 0 Å². The van der Waals surface area contributed by atoms with E-state index in [2.05, 4.69) is 17.2 Å². The van der Waals surface area contributed by atoms with Crippen molar-refractivity contribution >= 4 is 5.57 Å². The van der Waals surface area contributed by atoms with Gasteiger partial charge in [0.1, 0.15) is 0 Å². The number of benzene rings is 2. The fourth-order valence-electron chi connectivity index (χ4n) is 2.18. The summed E-state index contributed by atoms with van der Waals surface area (Å²) in [6, 6.07) is 20.1. The first-order valence-electron chi connectivity index (χ1n) is 5.60. The second-order valence-corrected chi connectivity index (χ2v) is 4.17. The quantitative estimate of drug-likeness (QED) is 0.759. The summed E-state index contributed by atoms with van der Waals surface area (Å²) in [7, 11) is 0. The van der Waals surface area contributed by atoms with Crippen LogP contribution in [0.4, 0.5) is 0 Å². The van der Waals surface area contributed by atoms with E-state index in [0.717, 1.165) is 16.7 Å². The fraction of sp³-hybridized carbons (Fsp3) is 0.0667. The Morgan fingerprint density at radius 3 is 2.00 bits per heavy atom. The van der Waals surface area contributed by atoms with Gasteiger partial charge in [0.15, 0.2) is 5.54 Å². The lowest BCUT2D eigenvalue weighted by Crippen LogP contribution is -2.06. The van der Waals surface area contributed by atoms with Crippen LogP contribution in [0.25, 0.3) is 5.57 Å². The zero-order chi connectivity index (χ0) is 11.7. The van der Waals surface area contributed by atoms with Gasteiger partial charge in [0.2, 0.25) is 0 Å². The Labute approximate surface area is 100 Å². The van der Waals surface area contributed by atoms with Crippen LogP contribution in [0, 0.1) is 5.53 Å². The van der Waals surface area contributed by atoms with Crippen molar-refractivity contribution in [2.75, 3.05) is 0 Å². The third kappa shape index (κ3) is 1.49. The normalized spacial score (nSPS) is 21.8. The predicted octanol–water partition coefficient (Wildman–Crippen LogP) is 4.01. The molecule has 0 saturated heterocycles. The lowest BCUT2D eigenvalue weighted by Gasteiger charge is -2.12. The highest BCUT2D eigenvalue weighted by atomic mass is 15.1. The van der Waals surface area contributed by atoms with Gasteiger partial charge < -0.3 is 0 Å². The maximum Gasteiger partial charge on any atom is 0.150 e. The number of nitrogens with one attached hydrogen (secondary N) is 1. The Bertz CT molecular complexity index is 572. The summed E-state index contributed by atoms with van der Waals surface area (Å²) in [6.07, 6.45) is 2.05. The topological polar surface area (TPSA) is 36.2 Å². The highest BCUT2D eigenvalue weighted by Crippen LogP contribution is 2.53. The molecule has 82 valence electrons. The third-order valence-corrected chi connectivity index (χ3v) is 3.16. The van der Waals surface area contributed by atoms with Crippen LogP contribution < -0.4 is 0 Å². The van der Waals surface area contributed by atoms with Gasteiger partial charge >= 0.3 is 0 Å². The largest absolute Gasteiger partial charge is 0.208 e. The molecule has 0 radical (unpaired) electrons. The van der Waals surface area contributed by atoms with Gasteiger partial charge in [-0.25, -0.2) is 5.53 Å². The van der Waals surface area contributed by atoms with Gasteiger partial charge in [-0.15, -0.1) is 0 Å². The molecule has 0 saturated carbocycles. The van der Waals surface area contributed by atoms with E-state index in [0.29, 0.717) is 0 Å². The van der Waals surface area contributed by atoms with Crippen molar-refractivity contribution in [1.82, 2.24) is 0 Å². The highest BCUT2D eigenvalue weighted by molar-refractivity contribution is 5.90. The highest BCUT2D eigenvalue weighted by Gasteiger charge is 2.46. The maximum atomic E-state index is 7.46. The van der Waals surface area contributed by atoms with Crippen molar-refractivity contribution in [3.8, 4) is 0 Å². The minimum atomic E-state index is -0.511. The van der Waals surface area contributed by atoms with Crippen molar-refractivity contribution in [2.24, 2.45) is 5.11 Å². The van der Waals surface area contributed by atoms with E-state index in [-0.39, 0.29) is 0 Å². The summed E-state index contributed by atoms with van der Waals surface area (Å²) in [4.78, 5) is 0. The molecule has 2 aromatic carbocycles. The number of nitrogens with zero attached hydrogens (tertiary/aromatic N) is 1. The third-order valence-electron chi connectivity index (χ3n) is 3.16. The molecule has 3 rings (SSSR count). The Hall–Kier alpha value is -2.22. The molecule has 0 spiro atoms. The zero-order valence-electron chi connectivity index (χ0n) is 9.30. The number of rotatable bonds is 3. The van der Waals surface area contributed by atoms with Crippen molar-refractivity contribution in [1.29, 1.82) is 5.53 Å². The molecule has 0 heterocycles. The van der Waals surface area contributed by atoms with E-state index in [1.165, 1.54) is 0 Å². The molecule has 2 nitrogen and oxygen atoms in total. The second kappa shape index (κ2) is 3.67. The fourth-order valence-corrected chi connectivity index (χ4v) is 2.18. The van der Waals surface area contributed by atoms with Gasteiger partial charge in [0.25, 0.3) is 0 Å². The molecule has 1 N–H and O–H groups in total. The van der Waals surface area contributed by atoms with E-state index < -0.39 is 5.54 Å². The standard InChI is InChI=1S/C15H12N2/c16-17-15(13-9-5-2-6-10-13)11-14(15)12-7-3-1-4-8-12/h1-11,16H. The monoisotopic (exact) mass is 220 g/mol. The van der Waals surface area contributed by atoms with Gasteiger partial charge in [-0.3, -0.25) is 0 Å². The lowest BCUT2D eigenvalue weighted by molar-refractivity contribution is 0.738. The summed E-state index contributed by atoms with van der Waals surface area (Å²) in [5.41, 5.74) is 10.3. The van der Waals surface area contributed by atoms with Crippen molar-refractivity contribution in [3.63, 3.8) is 0 Å². The Balaban J connectivity index is 1.98. The van der Waals surface area contributed by atoms with Crippen molar-refractivity contribution in [2.45, 2.75) is 5.54 Å². The SMILES string of the molecule is N=NC1(c2ccccc2)C=C1c1ccccc1. The van der Waals surface area contributed by atoms with Crippen LogP contribution in [0.5, 0.6) is 0 Å². The molecule has 0 amide bonds. The van der Waals surface area contributed by atoms with Crippen LogP contribution in [-0.4, -0.2) is 0 Å². The minimum absolute atomic E-state index is 0.511. The first-order valence-corrected chi connectivity index (χ1v) is 5.60. The molecule has 0 fully saturated rings. The summed E-state index contributed by atoms with van der Waals surface area (Å²) in [6.45, 7) is 0. The Morgan fingerprint density at radius 1 is 0.824 bits per heavy atom. The summed E-state index contributed by atoms with van der Waals surface area (Å²) in [5, 5.41) is 3.82. The van der Waals surface area contributed by atoms with E-state index in [1.807, 2.05) is 54.6 Å². The van der Waals surface area contributed by atoms with Crippen LogP contribution in [0.15, 0.2) is 71.9 Å². The Kier molecular flexibility index (Phi) is 2.15. The summed E-state index contributed by atoms with van der Waals surface area (Å²) < 4.78 is 0. The maximum absolute atomic E-state index is 7.46. The number of hydrogen-bond donors (Lipinski definition) is 1. The molecule has 0 bridgehead atoms. The molecule has 1 atom stereocenters. The van der Waals surface area contributed by atoms with Crippen LogP contribution in [-0.2, 0) is 5.54 Å². The van der Waals surface area contributed by atoms with Crippen molar-refractivity contribution in [3.05, 3.63) is 77.9 Å². The van der Waals surface area contributed by atoms with Crippen LogP contribution in [0.3, 0.4) is 0 Å². The summed E-state index contributed by atoms with van der Waals surface area (Å²) in [5.74, 6) is 0. The first-order chi connectivity index (χ1) is 8.37. The van der Waals surface area contributed by atoms with Crippen LogP contribution >= 0.6 is 0 Å². The zero-order valence-corrected chi connectivity index (χ0v) is 9.30. The van der Waals surface area contributed by atoms with Crippen molar-refractivity contribution < 1.29 is 0 Å². The van der Waals surface area contributed by atoms with Gasteiger partial charge in [-0.1, -0.05) is 60.7 Å². The molecule has 1 unspecified atom stereocenters. The van der Waals surface area contributed by atoms with Crippen LogP contribution in [0.2, 0.25) is 0 Å². The molecule has 17 heavy (non-hydrogen) atoms. The van der Waals surface area contributed by atoms with E-state index in [1.54, 1.807) is 0 Å². The molecule has 2 heteroatoms. The predicted molar refractivity (Wildman–Crippen MR) is 67.7 cm³/mol. The first kappa shape index (κ1) is 9.97. The summed E-state index contributed by atoms with van der Waals surface area (Å²) >= 11 is 0. The molecule has 0 aromatic heterocycles. The second-order valence-electron chi connectivity index (χ2n) is 4.17. The Morgan fingerprint density at radius 2 is 1.41 bits per heavy atom.